The van der Waals surface area contributed by atoms with Gasteiger partial charge in [-0.1, -0.05) is 40.2 Å². The molecule has 3 aromatic rings. The van der Waals surface area contributed by atoms with Crippen molar-refractivity contribution in [3.8, 4) is 0 Å². The summed E-state index contributed by atoms with van der Waals surface area (Å²) in [7, 11) is -0.623. The van der Waals surface area contributed by atoms with E-state index >= 15 is 0 Å². The molecule has 0 aliphatic carbocycles. The number of para-hydroxylation sites is 1. The van der Waals surface area contributed by atoms with Crippen LogP contribution in [0, 0.1) is 6.92 Å². The Kier molecular flexibility index (Phi) is 6.10. The van der Waals surface area contributed by atoms with Gasteiger partial charge in [-0.3, -0.25) is 9.10 Å². The molecule has 0 aromatic heterocycles. The number of rotatable bonds is 5. The highest BCUT2D eigenvalue weighted by atomic mass is 79.9. The number of carbonyl (C=O) groups is 1. The predicted octanol–water partition coefficient (Wildman–Crippen LogP) is 4.86. The van der Waals surface area contributed by atoms with Gasteiger partial charge in [-0.2, -0.15) is 0 Å². The number of aryl methyl sites for hydroxylation is 1. The average Bonchev–Trinajstić information content (AvgIpc) is 2.73. The van der Waals surface area contributed by atoms with Gasteiger partial charge in [-0.25, -0.2) is 8.42 Å². The van der Waals surface area contributed by atoms with Crippen LogP contribution in [-0.2, 0) is 10.0 Å². The van der Waals surface area contributed by atoms with Gasteiger partial charge in [0, 0.05) is 29.8 Å². The molecule has 0 aliphatic heterocycles. The molecule has 3 rings (SSSR count). The lowest BCUT2D eigenvalue weighted by molar-refractivity contribution is 0.0992. The Labute approximate surface area is 179 Å². The maximum Gasteiger partial charge on any atom is 0.264 e. The second-order valence-corrected chi connectivity index (χ2v) is 9.52. The van der Waals surface area contributed by atoms with Crippen LogP contribution in [0.1, 0.15) is 15.9 Å². The van der Waals surface area contributed by atoms with Gasteiger partial charge in [0.1, 0.15) is 0 Å². The topological polar surface area (TPSA) is 57.7 Å². The van der Waals surface area contributed by atoms with Gasteiger partial charge in [0.15, 0.2) is 0 Å². The molecule has 0 radical (unpaired) electrons. The summed E-state index contributed by atoms with van der Waals surface area (Å²) in [6.07, 6.45) is 0. The molecule has 1 amide bonds. The van der Waals surface area contributed by atoms with E-state index in [1.807, 2.05) is 31.2 Å². The number of hydrogen-bond acceptors (Lipinski definition) is 3. The number of anilines is 2. The van der Waals surface area contributed by atoms with Crippen molar-refractivity contribution in [2.24, 2.45) is 0 Å². The zero-order chi connectivity index (χ0) is 21.2. The van der Waals surface area contributed by atoms with Crippen LogP contribution < -0.4 is 9.21 Å². The number of amides is 1. The standard InChI is InChI=1S/C22H21BrN2O3S/c1-16-14-18(23)12-13-21(16)24(2)22(26)17-8-7-11-20(15-17)29(27,28)25(3)19-9-5-4-6-10-19/h4-15H,1-3H3. The first-order chi connectivity index (χ1) is 13.7. The summed E-state index contributed by atoms with van der Waals surface area (Å²) in [5, 5.41) is 0. The first-order valence-corrected chi connectivity index (χ1v) is 11.1. The summed E-state index contributed by atoms with van der Waals surface area (Å²) in [6, 6.07) is 20.6. The fraction of sp³-hybridized carbons (Fsp3) is 0.136. The molecule has 7 heteroatoms. The monoisotopic (exact) mass is 472 g/mol. The van der Waals surface area contributed by atoms with Crippen molar-refractivity contribution in [2.45, 2.75) is 11.8 Å². The summed E-state index contributed by atoms with van der Waals surface area (Å²) in [4.78, 5) is 14.6. The third-order valence-electron chi connectivity index (χ3n) is 4.68. The number of sulfonamides is 1. The SMILES string of the molecule is Cc1cc(Br)ccc1N(C)C(=O)c1cccc(S(=O)(=O)N(C)c2ccccc2)c1. The first kappa shape index (κ1) is 21.1. The lowest BCUT2D eigenvalue weighted by Crippen LogP contribution is -2.29. The molecular formula is C22H21BrN2O3S. The van der Waals surface area contributed by atoms with Gasteiger partial charge in [0.05, 0.1) is 10.6 Å². The molecule has 0 N–H and O–H groups in total. The molecule has 5 nitrogen and oxygen atoms in total. The molecule has 0 heterocycles. The van der Waals surface area contributed by atoms with Crippen LogP contribution in [0.4, 0.5) is 11.4 Å². The van der Waals surface area contributed by atoms with E-state index in [1.165, 1.54) is 28.4 Å². The smallest absolute Gasteiger partial charge is 0.264 e. The largest absolute Gasteiger partial charge is 0.311 e. The summed E-state index contributed by atoms with van der Waals surface area (Å²) in [6.45, 7) is 1.92. The van der Waals surface area contributed by atoms with Gasteiger partial charge in [0.2, 0.25) is 0 Å². The lowest BCUT2D eigenvalue weighted by Gasteiger charge is -2.22. The number of nitrogens with zero attached hydrogens (tertiary/aromatic N) is 2. The van der Waals surface area contributed by atoms with Gasteiger partial charge < -0.3 is 4.90 Å². The van der Waals surface area contributed by atoms with E-state index in [9.17, 15) is 13.2 Å². The minimum Gasteiger partial charge on any atom is -0.311 e. The molecule has 150 valence electrons. The number of hydrogen-bond donors (Lipinski definition) is 0. The van der Waals surface area contributed by atoms with Crippen molar-refractivity contribution in [2.75, 3.05) is 23.3 Å². The maximum absolute atomic E-state index is 13.0. The highest BCUT2D eigenvalue weighted by Crippen LogP contribution is 2.26. The molecule has 29 heavy (non-hydrogen) atoms. The van der Waals surface area contributed by atoms with Crippen molar-refractivity contribution in [3.05, 3.63) is 88.4 Å². The third kappa shape index (κ3) is 4.36. The van der Waals surface area contributed by atoms with Gasteiger partial charge in [0.25, 0.3) is 15.9 Å². The summed E-state index contributed by atoms with van der Waals surface area (Å²) in [5.74, 6) is -0.283. The Hall–Kier alpha value is -2.64. The molecule has 0 bridgehead atoms. The summed E-state index contributed by atoms with van der Waals surface area (Å²) >= 11 is 3.42. The molecule has 0 fully saturated rings. The second kappa shape index (κ2) is 8.39. The second-order valence-electron chi connectivity index (χ2n) is 6.63. The predicted molar refractivity (Wildman–Crippen MR) is 120 cm³/mol. The number of halogens is 1. The molecule has 3 aromatic carbocycles. The Balaban J connectivity index is 1.93. The number of benzene rings is 3. The quantitative estimate of drug-likeness (QED) is 0.532. The number of carbonyl (C=O) groups excluding carboxylic acids is 1. The van der Waals surface area contributed by atoms with Crippen molar-refractivity contribution in [1.29, 1.82) is 0 Å². The van der Waals surface area contributed by atoms with Crippen molar-refractivity contribution in [3.63, 3.8) is 0 Å². The minimum absolute atomic E-state index is 0.0654. The molecule has 0 spiro atoms. The third-order valence-corrected chi connectivity index (χ3v) is 6.96. The summed E-state index contributed by atoms with van der Waals surface area (Å²) in [5.41, 5.74) is 2.54. The van der Waals surface area contributed by atoms with E-state index < -0.39 is 10.0 Å². The van der Waals surface area contributed by atoms with E-state index in [0.717, 1.165) is 15.7 Å². The maximum atomic E-state index is 13.0. The van der Waals surface area contributed by atoms with E-state index in [2.05, 4.69) is 15.9 Å². The van der Waals surface area contributed by atoms with E-state index in [1.54, 1.807) is 43.4 Å². The van der Waals surface area contributed by atoms with E-state index in [4.69, 9.17) is 0 Å². The van der Waals surface area contributed by atoms with Crippen LogP contribution in [0.3, 0.4) is 0 Å². The van der Waals surface area contributed by atoms with E-state index in [-0.39, 0.29) is 10.8 Å². The molecule has 0 saturated heterocycles. The van der Waals surface area contributed by atoms with E-state index in [0.29, 0.717) is 11.3 Å². The zero-order valence-electron chi connectivity index (χ0n) is 16.3. The van der Waals surface area contributed by atoms with Crippen LogP contribution >= 0.6 is 15.9 Å². The van der Waals surface area contributed by atoms with Crippen molar-refractivity contribution in [1.82, 2.24) is 0 Å². The highest BCUT2D eigenvalue weighted by molar-refractivity contribution is 9.10. The van der Waals surface area contributed by atoms with Gasteiger partial charge in [-0.15, -0.1) is 0 Å². The highest BCUT2D eigenvalue weighted by Gasteiger charge is 2.23. The van der Waals surface area contributed by atoms with Crippen LogP contribution in [0.2, 0.25) is 0 Å². The Morgan fingerprint density at radius 3 is 2.24 bits per heavy atom. The van der Waals surface area contributed by atoms with Crippen LogP contribution in [0.25, 0.3) is 0 Å². The molecule has 0 unspecified atom stereocenters. The lowest BCUT2D eigenvalue weighted by atomic mass is 10.1. The Bertz CT molecular complexity index is 1150. The molecule has 0 aliphatic rings. The summed E-state index contributed by atoms with van der Waals surface area (Å²) < 4.78 is 28.2. The van der Waals surface area contributed by atoms with Gasteiger partial charge >= 0.3 is 0 Å². The first-order valence-electron chi connectivity index (χ1n) is 8.90. The molecule has 0 atom stereocenters. The van der Waals surface area contributed by atoms with Crippen molar-refractivity contribution >= 4 is 43.2 Å². The van der Waals surface area contributed by atoms with Crippen molar-refractivity contribution < 1.29 is 13.2 Å². The van der Waals surface area contributed by atoms with Crippen LogP contribution in [0.5, 0.6) is 0 Å². The fourth-order valence-electron chi connectivity index (χ4n) is 3.02. The molecular weight excluding hydrogens is 452 g/mol. The zero-order valence-corrected chi connectivity index (χ0v) is 18.7. The minimum atomic E-state index is -3.80. The van der Waals surface area contributed by atoms with Crippen LogP contribution in [-0.4, -0.2) is 28.4 Å². The normalized spacial score (nSPS) is 11.2. The van der Waals surface area contributed by atoms with Gasteiger partial charge in [-0.05, 0) is 61.0 Å². The Morgan fingerprint density at radius 2 is 1.59 bits per heavy atom. The van der Waals surface area contributed by atoms with Crippen LogP contribution in [0.15, 0.2) is 82.2 Å². The fourth-order valence-corrected chi connectivity index (χ4v) is 4.74. The molecule has 0 saturated carbocycles. The Morgan fingerprint density at radius 1 is 0.897 bits per heavy atom. The average molecular weight is 473 g/mol.